The number of primary amides is 1. The number of phenolic OH excluding ortho intramolecular Hbond substituents is 1. The SMILES string of the molecule is CN(C)[C@@H]1C(O)=C(C(N)=O)C(=O)C2C(=O)C3=C(O)c4c(O)cccc4CC3C[C@H]21. The quantitative estimate of drug-likeness (QED) is 0.427. The van der Waals surface area contributed by atoms with Crippen molar-refractivity contribution < 1.29 is 29.7 Å². The number of allylic oxidation sites excluding steroid dienone is 1. The third-order valence-corrected chi connectivity index (χ3v) is 6.30. The van der Waals surface area contributed by atoms with Crippen molar-refractivity contribution in [3.8, 4) is 5.75 Å². The predicted octanol–water partition coefficient (Wildman–Crippen LogP) is 0.849. The number of benzene rings is 1. The zero-order valence-electron chi connectivity index (χ0n) is 16.0. The standard InChI is InChI=1S/C21H22N2O6/c1-23(2)16-10-7-9-6-8-4-3-5-11(24)12(8)17(25)13(9)18(26)14(10)19(27)15(20(16)28)21(22)29/h3-5,9-10,14,16,24-25,28H,6-7H2,1-2H3,(H2,22,29)/t9?,10-,14?,16+/m1/s1. The van der Waals surface area contributed by atoms with Gasteiger partial charge in [-0.3, -0.25) is 19.3 Å². The number of nitrogens with two attached hydrogens (primary N) is 1. The third-order valence-electron chi connectivity index (χ3n) is 6.30. The summed E-state index contributed by atoms with van der Waals surface area (Å²) in [6.45, 7) is 0. The number of Topliss-reactive ketones (excluding diaryl/α,β-unsaturated/α-hetero) is 2. The number of fused-ring (bicyclic) bond motifs is 3. The number of amides is 1. The molecule has 3 aliphatic carbocycles. The first-order valence-corrected chi connectivity index (χ1v) is 9.37. The minimum absolute atomic E-state index is 0.0938. The van der Waals surface area contributed by atoms with Crippen LogP contribution >= 0.6 is 0 Å². The fourth-order valence-corrected chi connectivity index (χ4v) is 5.20. The Bertz CT molecular complexity index is 1020. The van der Waals surface area contributed by atoms with E-state index in [1.165, 1.54) is 6.07 Å². The number of rotatable bonds is 2. The van der Waals surface area contributed by atoms with E-state index in [1.54, 1.807) is 31.1 Å². The zero-order chi connectivity index (χ0) is 21.2. The van der Waals surface area contributed by atoms with Crippen LogP contribution in [0, 0.1) is 17.8 Å². The number of nitrogens with zero attached hydrogens (tertiary/aromatic N) is 1. The minimum atomic E-state index is -1.22. The Kier molecular flexibility index (Phi) is 4.27. The number of hydrogen-bond donors (Lipinski definition) is 4. The van der Waals surface area contributed by atoms with Gasteiger partial charge in [-0.1, -0.05) is 12.1 Å². The second kappa shape index (κ2) is 6.45. The van der Waals surface area contributed by atoms with E-state index in [0.717, 1.165) is 0 Å². The van der Waals surface area contributed by atoms with Crippen molar-refractivity contribution >= 4 is 23.2 Å². The highest BCUT2D eigenvalue weighted by atomic mass is 16.3. The predicted molar refractivity (Wildman–Crippen MR) is 103 cm³/mol. The molecule has 0 saturated heterocycles. The lowest BCUT2D eigenvalue weighted by atomic mass is 9.59. The highest BCUT2D eigenvalue weighted by Crippen LogP contribution is 2.50. The number of hydrogen-bond acceptors (Lipinski definition) is 7. The van der Waals surface area contributed by atoms with Crippen molar-refractivity contribution in [1.82, 2.24) is 4.90 Å². The zero-order valence-corrected chi connectivity index (χ0v) is 16.0. The molecule has 0 aromatic heterocycles. The van der Waals surface area contributed by atoms with Crippen molar-refractivity contribution in [1.29, 1.82) is 0 Å². The number of carbonyl (C=O) groups is 3. The molecule has 0 spiro atoms. The molecule has 4 atom stereocenters. The largest absolute Gasteiger partial charge is 0.510 e. The van der Waals surface area contributed by atoms with E-state index in [0.29, 0.717) is 18.4 Å². The second-order valence-corrected chi connectivity index (χ2v) is 8.11. The molecule has 0 heterocycles. The Morgan fingerprint density at radius 1 is 1.14 bits per heavy atom. The lowest BCUT2D eigenvalue weighted by molar-refractivity contribution is -0.136. The van der Waals surface area contributed by atoms with Gasteiger partial charge in [0.15, 0.2) is 11.6 Å². The second-order valence-electron chi connectivity index (χ2n) is 8.11. The van der Waals surface area contributed by atoms with Gasteiger partial charge in [-0.15, -0.1) is 0 Å². The molecule has 5 N–H and O–H groups in total. The van der Waals surface area contributed by atoms with Gasteiger partial charge in [0.25, 0.3) is 5.91 Å². The summed E-state index contributed by atoms with van der Waals surface area (Å²) in [4.78, 5) is 39.9. The summed E-state index contributed by atoms with van der Waals surface area (Å²) in [5.74, 6) is -5.51. The van der Waals surface area contributed by atoms with Crippen LogP contribution in [0.15, 0.2) is 35.1 Å². The Morgan fingerprint density at radius 3 is 2.45 bits per heavy atom. The van der Waals surface area contributed by atoms with Crippen LogP contribution in [0.2, 0.25) is 0 Å². The van der Waals surface area contributed by atoms with E-state index in [9.17, 15) is 29.7 Å². The monoisotopic (exact) mass is 398 g/mol. The Labute approximate surface area is 166 Å². The average Bonchev–Trinajstić information content (AvgIpc) is 2.60. The fraction of sp³-hybridized carbons (Fsp3) is 0.381. The maximum Gasteiger partial charge on any atom is 0.255 e. The van der Waals surface area contributed by atoms with Crippen LogP contribution in [0.5, 0.6) is 5.75 Å². The molecule has 1 amide bonds. The number of ketones is 2. The molecule has 2 unspecified atom stereocenters. The van der Waals surface area contributed by atoms with Crippen LogP contribution in [-0.2, 0) is 20.8 Å². The van der Waals surface area contributed by atoms with E-state index >= 15 is 0 Å². The maximum atomic E-state index is 13.4. The van der Waals surface area contributed by atoms with Gasteiger partial charge >= 0.3 is 0 Å². The number of aromatic hydroxyl groups is 1. The molecule has 1 aromatic carbocycles. The molecule has 8 nitrogen and oxygen atoms in total. The highest BCUT2D eigenvalue weighted by molar-refractivity contribution is 6.28. The summed E-state index contributed by atoms with van der Waals surface area (Å²) in [7, 11) is 3.38. The van der Waals surface area contributed by atoms with Crippen LogP contribution in [0.25, 0.3) is 5.76 Å². The summed E-state index contributed by atoms with van der Waals surface area (Å²) in [5.41, 5.74) is 5.76. The topological polar surface area (TPSA) is 141 Å². The Balaban J connectivity index is 1.89. The number of aliphatic hydroxyl groups excluding tert-OH is 2. The highest BCUT2D eigenvalue weighted by Gasteiger charge is 2.55. The van der Waals surface area contributed by atoms with Crippen LogP contribution < -0.4 is 5.73 Å². The van der Waals surface area contributed by atoms with Crippen molar-refractivity contribution in [3.05, 3.63) is 46.2 Å². The van der Waals surface area contributed by atoms with E-state index in [1.807, 2.05) is 0 Å². The van der Waals surface area contributed by atoms with Gasteiger partial charge in [-0.2, -0.15) is 0 Å². The van der Waals surface area contributed by atoms with Crippen LogP contribution in [0.1, 0.15) is 17.5 Å². The molecule has 152 valence electrons. The number of carbonyl (C=O) groups excluding carboxylic acids is 3. The third kappa shape index (κ3) is 2.59. The summed E-state index contributed by atoms with van der Waals surface area (Å²) in [5, 5.41) is 31.6. The summed E-state index contributed by atoms with van der Waals surface area (Å²) < 4.78 is 0. The van der Waals surface area contributed by atoms with Crippen LogP contribution in [0.4, 0.5) is 0 Å². The molecule has 1 aromatic rings. The van der Waals surface area contributed by atoms with Gasteiger partial charge in [-0.05, 0) is 50.4 Å². The summed E-state index contributed by atoms with van der Waals surface area (Å²) in [6, 6.07) is 4.14. The first kappa shape index (κ1) is 19.2. The van der Waals surface area contributed by atoms with Crippen molar-refractivity contribution in [2.45, 2.75) is 18.9 Å². The average molecular weight is 398 g/mol. The van der Waals surface area contributed by atoms with Crippen LogP contribution in [0.3, 0.4) is 0 Å². The molecule has 0 radical (unpaired) electrons. The molecular formula is C21H22N2O6. The Morgan fingerprint density at radius 2 is 1.83 bits per heavy atom. The smallest absolute Gasteiger partial charge is 0.255 e. The molecule has 4 rings (SSSR count). The van der Waals surface area contributed by atoms with Gasteiger partial charge < -0.3 is 21.1 Å². The summed E-state index contributed by atoms with van der Waals surface area (Å²) >= 11 is 0. The molecule has 1 fully saturated rings. The number of likely N-dealkylation sites (N-methyl/N-ethyl adjacent to an activating group) is 1. The van der Waals surface area contributed by atoms with Gasteiger partial charge in [-0.25, -0.2) is 0 Å². The van der Waals surface area contributed by atoms with Gasteiger partial charge in [0.1, 0.15) is 22.8 Å². The van der Waals surface area contributed by atoms with Gasteiger partial charge in [0.05, 0.1) is 17.5 Å². The number of phenols is 1. The van der Waals surface area contributed by atoms with Crippen molar-refractivity contribution in [2.24, 2.45) is 23.5 Å². The van der Waals surface area contributed by atoms with Crippen LogP contribution in [-0.4, -0.2) is 57.8 Å². The number of aliphatic hydroxyl groups is 2. The lowest BCUT2D eigenvalue weighted by Gasteiger charge is -2.46. The van der Waals surface area contributed by atoms with Gasteiger partial charge in [0.2, 0.25) is 0 Å². The van der Waals surface area contributed by atoms with E-state index in [2.05, 4.69) is 0 Å². The molecular weight excluding hydrogens is 376 g/mol. The van der Waals surface area contributed by atoms with E-state index in [4.69, 9.17) is 5.73 Å². The normalized spacial score (nSPS) is 28.9. The molecule has 1 saturated carbocycles. The Hall–Kier alpha value is -3.13. The van der Waals surface area contributed by atoms with E-state index in [-0.39, 0.29) is 28.6 Å². The lowest BCUT2D eigenvalue weighted by Crippen LogP contribution is -2.55. The fourth-order valence-electron chi connectivity index (χ4n) is 5.20. The molecule has 8 heteroatoms. The van der Waals surface area contributed by atoms with E-state index < -0.39 is 46.7 Å². The van der Waals surface area contributed by atoms with Crippen molar-refractivity contribution in [2.75, 3.05) is 14.1 Å². The molecule has 29 heavy (non-hydrogen) atoms. The summed E-state index contributed by atoms with van der Waals surface area (Å²) in [6.07, 6.45) is 0.773. The first-order valence-electron chi connectivity index (χ1n) is 9.37. The molecule has 3 aliphatic rings. The molecule has 0 bridgehead atoms. The maximum absolute atomic E-state index is 13.4. The first-order chi connectivity index (χ1) is 13.6. The molecule has 0 aliphatic heterocycles. The van der Waals surface area contributed by atoms with Crippen molar-refractivity contribution in [3.63, 3.8) is 0 Å². The minimum Gasteiger partial charge on any atom is -0.510 e. The van der Waals surface area contributed by atoms with Gasteiger partial charge in [0, 0.05) is 5.57 Å².